The van der Waals surface area contributed by atoms with Gasteiger partial charge in [0, 0.05) is 23.3 Å². The fourth-order valence-corrected chi connectivity index (χ4v) is 5.57. The van der Waals surface area contributed by atoms with Crippen molar-refractivity contribution in [3.05, 3.63) is 28.8 Å². The Morgan fingerprint density at radius 2 is 1.78 bits per heavy atom. The Labute approximate surface area is 138 Å². The summed E-state index contributed by atoms with van der Waals surface area (Å²) in [5, 5.41) is 10.5. The van der Waals surface area contributed by atoms with Gasteiger partial charge in [-0.2, -0.15) is 0 Å². The lowest BCUT2D eigenvalue weighted by atomic mass is 9.89. The Hall–Kier alpha value is -1.60. The van der Waals surface area contributed by atoms with E-state index in [9.17, 15) is 23.1 Å². The topological polar surface area (TPSA) is 88.5 Å². The predicted molar refractivity (Wildman–Crippen MR) is 87.4 cm³/mol. The smallest absolute Gasteiger partial charge is 0.179 e. The third kappa shape index (κ3) is 2.61. The average Bonchev–Trinajstić information content (AvgIpc) is 2.81. The quantitative estimate of drug-likeness (QED) is 0.380. The third-order valence-corrected chi connectivity index (χ3v) is 6.90. The maximum absolute atomic E-state index is 12.0. The zero-order valence-corrected chi connectivity index (χ0v) is 14.2. The van der Waals surface area contributed by atoms with Crippen LogP contribution in [0.25, 0.3) is 5.76 Å². The van der Waals surface area contributed by atoms with E-state index in [0.717, 1.165) is 0 Å². The van der Waals surface area contributed by atoms with Crippen molar-refractivity contribution in [2.45, 2.75) is 35.5 Å². The highest BCUT2D eigenvalue weighted by Gasteiger charge is 2.32. The number of benzene rings is 1. The highest BCUT2D eigenvalue weighted by atomic mass is 32.2. The number of sulfone groups is 1. The van der Waals surface area contributed by atoms with Gasteiger partial charge in [-0.25, -0.2) is 8.42 Å². The van der Waals surface area contributed by atoms with Crippen molar-refractivity contribution in [3.8, 4) is 0 Å². The number of fused-ring (bicyclic) bond motifs is 1. The summed E-state index contributed by atoms with van der Waals surface area (Å²) < 4.78 is 24.0. The summed E-state index contributed by atoms with van der Waals surface area (Å²) in [4.78, 5) is 24.9. The number of thioether (sulfide) groups is 1. The molecule has 122 valence electrons. The first-order valence-electron chi connectivity index (χ1n) is 7.29. The summed E-state index contributed by atoms with van der Waals surface area (Å²) >= 11 is 1.32. The van der Waals surface area contributed by atoms with Gasteiger partial charge in [-0.15, -0.1) is 11.8 Å². The van der Waals surface area contributed by atoms with Crippen LogP contribution in [-0.4, -0.2) is 37.1 Å². The molecule has 1 aliphatic heterocycles. The van der Waals surface area contributed by atoms with Crippen molar-refractivity contribution in [3.63, 3.8) is 0 Å². The average molecular weight is 352 g/mol. The van der Waals surface area contributed by atoms with Gasteiger partial charge in [0.15, 0.2) is 21.4 Å². The van der Waals surface area contributed by atoms with E-state index in [4.69, 9.17) is 0 Å². The van der Waals surface area contributed by atoms with Crippen LogP contribution in [0.4, 0.5) is 0 Å². The second-order valence-corrected chi connectivity index (χ2v) is 8.51. The Balaban J connectivity index is 2.22. The maximum atomic E-state index is 12.0. The van der Waals surface area contributed by atoms with Gasteiger partial charge in [0.25, 0.3) is 0 Å². The lowest BCUT2D eigenvalue weighted by Gasteiger charge is -2.17. The predicted octanol–water partition coefficient (Wildman–Crippen LogP) is 2.33. The van der Waals surface area contributed by atoms with Crippen LogP contribution in [0.1, 0.15) is 30.4 Å². The van der Waals surface area contributed by atoms with E-state index < -0.39 is 9.84 Å². The van der Waals surface area contributed by atoms with E-state index in [0.29, 0.717) is 28.9 Å². The molecule has 7 heteroatoms. The molecular formula is C16H16O5S2. The molecule has 1 aromatic carbocycles. The van der Waals surface area contributed by atoms with Crippen LogP contribution in [0.5, 0.6) is 0 Å². The van der Waals surface area contributed by atoms with Gasteiger partial charge in [0.1, 0.15) is 11.3 Å². The molecule has 0 radical (unpaired) electrons. The summed E-state index contributed by atoms with van der Waals surface area (Å²) in [6.45, 7) is 0. The van der Waals surface area contributed by atoms with Crippen molar-refractivity contribution < 1.29 is 23.1 Å². The van der Waals surface area contributed by atoms with Crippen LogP contribution in [0.3, 0.4) is 0 Å². The molecule has 0 amide bonds. The molecule has 1 saturated carbocycles. The van der Waals surface area contributed by atoms with Crippen molar-refractivity contribution in [2.75, 3.05) is 12.0 Å². The molecule has 1 aromatic rings. The van der Waals surface area contributed by atoms with E-state index in [-0.39, 0.29) is 46.4 Å². The molecule has 2 aliphatic rings. The Kier molecular flexibility index (Phi) is 4.10. The van der Waals surface area contributed by atoms with Crippen molar-refractivity contribution >= 4 is 38.9 Å². The first-order valence-corrected chi connectivity index (χ1v) is 10.2. The summed E-state index contributed by atoms with van der Waals surface area (Å²) in [6, 6.07) is 2.95. The number of ketones is 2. The molecule has 23 heavy (non-hydrogen) atoms. The second-order valence-electron chi connectivity index (χ2n) is 5.62. The minimum absolute atomic E-state index is 0.0501. The number of carbonyl (C=O) groups is 2. The first kappa shape index (κ1) is 16.3. The van der Waals surface area contributed by atoms with Gasteiger partial charge in [-0.05, 0) is 36.8 Å². The second kappa shape index (κ2) is 5.79. The number of hydrogen-bond donors (Lipinski definition) is 1. The molecule has 0 bridgehead atoms. The van der Waals surface area contributed by atoms with E-state index in [2.05, 4.69) is 0 Å². The summed E-state index contributed by atoms with van der Waals surface area (Å²) in [5.41, 5.74) is 0.886. The van der Waals surface area contributed by atoms with Crippen LogP contribution in [0.2, 0.25) is 0 Å². The largest absolute Gasteiger partial charge is 0.506 e. The number of allylic oxidation sites excluding steroid dienone is 1. The maximum Gasteiger partial charge on any atom is 0.179 e. The highest BCUT2D eigenvalue weighted by Crippen LogP contribution is 2.39. The molecule has 0 atom stereocenters. The number of carbonyl (C=O) groups excluding carboxylic acids is 2. The number of aliphatic hydroxyl groups excluding tert-OH is 1. The van der Waals surface area contributed by atoms with E-state index in [1.54, 1.807) is 6.26 Å². The number of rotatable bonds is 2. The lowest BCUT2D eigenvalue weighted by molar-refractivity contribution is -0.123. The monoisotopic (exact) mass is 352 g/mol. The minimum atomic E-state index is -3.27. The number of aliphatic hydroxyl groups is 1. The highest BCUT2D eigenvalue weighted by molar-refractivity contribution is 7.98. The van der Waals surface area contributed by atoms with Crippen molar-refractivity contribution in [1.29, 1.82) is 0 Å². The SMILES string of the molecule is CSc1c(C(O)=C2C(=O)CCCC2=O)ccc2c1CCS2(=O)=O. The fraction of sp³-hybridized carbons (Fsp3) is 0.375. The summed E-state index contributed by atoms with van der Waals surface area (Å²) in [5.74, 6) is -0.969. The van der Waals surface area contributed by atoms with E-state index in [1.165, 1.54) is 23.9 Å². The van der Waals surface area contributed by atoms with Crippen LogP contribution in [0.15, 0.2) is 27.5 Å². The first-order chi connectivity index (χ1) is 10.9. The zero-order valence-electron chi connectivity index (χ0n) is 12.6. The molecule has 0 spiro atoms. The van der Waals surface area contributed by atoms with Crippen LogP contribution in [-0.2, 0) is 25.8 Å². The van der Waals surface area contributed by atoms with Gasteiger partial charge >= 0.3 is 0 Å². The van der Waals surface area contributed by atoms with Gasteiger partial charge in [0.2, 0.25) is 0 Å². The zero-order chi connectivity index (χ0) is 16.8. The van der Waals surface area contributed by atoms with Crippen molar-refractivity contribution in [2.24, 2.45) is 0 Å². The number of hydrogen-bond acceptors (Lipinski definition) is 6. The van der Waals surface area contributed by atoms with E-state index >= 15 is 0 Å². The fourth-order valence-electron chi connectivity index (χ4n) is 3.12. The lowest BCUT2D eigenvalue weighted by Crippen LogP contribution is -2.20. The molecule has 3 rings (SSSR count). The number of Topliss-reactive ketones (excluding diaryl/α,β-unsaturated/α-hetero) is 2. The van der Waals surface area contributed by atoms with Gasteiger partial charge in [0.05, 0.1) is 10.6 Å². The van der Waals surface area contributed by atoms with E-state index in [1.807, 2.05) is 0 Å². The van der Waals surface area contributed by atoms with Crippen LogP contribution >= 0.6 is 11.8 Å². The third-order valence-electron chi connectivity index (χ3n) is 4.23. The molecule has 0 aromatic heterocycles. The Bertz CT molecular complexity index is 831. The molecular weight excluding hydrogens is 336 g/mol. The minimum Gasteiger partial charge on any atom is -0.506 e. The van der Waals surface area contributed by atoms with Gasteiger partial charge < -0.3 is 5.11 Å². The Morgan fingerprint density at radius 3 is 2.39 bits per heavy atom. The molecule has 1 heterocycles. The van der Waals surface area contributed by atoms with Crippen LogP contribution < -0.4 is 0 Å². The van der Waals surface area contributed by atoms with Gasteiger partial charge in [-0.1, -0.05) is 0 Å². The molecule has 1 N–H and O–H groups in total. The standard InChI is InChI=1S/C16H16O5S2/c1-22-16-9-7-8-23(20,21)13(9)6-5-10(16)15(19)14-11(17)3-2-4-12(14)18/h5-6,19H,2-4,7-8H2,1H3. The molecule has 1 fully saturated rings. The summed E-state index contributed by atoms with van der Waals surface area (Å²) in [6.07, 6.45) is 3.17. The molecule has 1 aliphatic carbocycles. The normalized spacial score (nSPS) is 19.8. The summed E-state index contributed by atoms with van der Waals surface area (Å²) in [7, 11) is -3.27. The molecule has 0 unspecified atom stereocenters. The van der Waals surface area contributed by atoms with Crippen LogP contribution in [0, 0.1) is 0 Å². The Morgan fingerprint density at radius 1 is 1.13 bits per heavy atom. The van der Waals surface area contributed by atoms with Gasteiger partial charge in [-0.3, -0.25) is 9.59 Å². The molecule has 0 saturated heterocycles. The molecule has 5 nitrogen and oxygen atoms in total. The van der Waals surface area contributed by atoms with Crippen molar-refractivity contribution in [1.82, 2.24) is 0 Å².